The molecule has 0 aliphatic carbocycles. The molecule has 0 aliphatic heterocycles. The van der Waals surface area contributed by atoms with Crippen LogP contribution in [0.25, 0.3) is 0 Å². The Bertz CT molecular complexity index is 268. The smallest absolute Gasteiger partial charge is 0.320 e. The molecule has 0 aromatic rings. The van der Waals surface area contributed by atoms with E-state index in [9.17, 15) is 4.79 Å². The highest BCUT2D eigenvalue weighted by Gasteiger charge is 2.17. The molecule has 0 saturated heterocycles. The molecule has 8 heteroatoms. The molecule has 0 rings (SSSR count). The van der Waals surface area contributed by atoms with Crippen LogP contribution in [0.1, 0.15) is 26.7 Å². The highest BCUT2D eigenvalue weighted by Crippen LogP contribution is 2.43. The minimum Gasteiger partial charge on any atom is -0.480 e. The Morgan fingerprint density at radius 3 is 2.41 bits per heavy atom. The number of hydrogen-bond donors (Lipinski definition) is 3. The Hall–Kier alpha value is -0.0400. The molecular formula is C9H21N2O4PS. The van der Waals surface area contributed by atoms with Crippen molar-refractivity contribution in [3.63, 3.8) is 0 Å². The van der Waals surface area contributed by atoms with Gasteiger partial charge in [0.2, 0.25) is 0 Å². The molecule has 0 saturated carbocycles. The Balaban J connectivity index is 3.90. The van der Waals surface area contributed by atoms with E-state index in [0.717, 1.165) is 0 Å². The number of aliphatic carboxylic acids is 1. The number of carboxylic acid groups (broad SMARTS) is 1. The average molecular weight is 284 g/mol. The zero-order valence-electron chi connectivity index (χ0n) is 10.2. The third kappa shape index (κ3) is 7.81. The van der Waals surface area contributed by atoms with E-state index in [1.54, 1.807) is 0 Å². The van der Waals surface area contributed by atoms with E-state index in [-0.39, 0.29) is 0 Å². The van der Waals surface area contributed by atoms with E-state index in [1.165, 1.54) is 0 Å². The van der Waals surface area contributed by atoms with Crippen molar-refractivity contribution in [2.75, 3.05) is 19.8 Å². The zero-order chi connectivity index (χ0) is 13.3. The van der Waals surface area contributed by atoms with E-state index in [2.05, 4.69) is 5.09 Å². The summed E-state index contributed by atoms with van der Waals surface area (Å²) in [4.78, 5) is 10.5. The van der Waals surface area contributed by atoms with Crippen LogP contribution in [0.15, 0.2) is 0 Å². The summed E-state index contributed by atoms with van der Waals surface area (Å²) in [5.41, 5.74) is 5.38. The van der Waals surface area contributed by atoms with Crippen LogP contribution >= 0.6 is 6.64 Å². The lowest BCUT2D eigenvalue weighted by molar-refractivity contribution is -0.138. The predicted octanol–water partition coefficient (Wildman–Crippen LogP) is 1.07. The first-order chi connectivity index (χ1) is 7.95. The first-order valence-corrected chi connectivity index (χ1v) is 8.21. The Labute approximate surface area is 107 Å². The minimum atomic E-state index is -2.41. The topological polar surface area (TPSA) is 93.8 Å². The van der Waals surface area contributed by atoms with Gasteiger partial charge in [0.05, 0.1) is 13.2 Å². The molecule has 0 aromatic heterocycles. The van der Waals surface area contributed by atoms with Gasteiger partial charge < -0.3 is 19.9 Å². The van der Waals surface area contributed by atoms with Gasteiger partial charge in [-0.25, -0.2) is 5.09 Å². The summed E-state index contributed by atoms with van der Waals surface area (Å²) >= 11 is 5.24. The molecule has 0 spiro atoms. The third-order valence-electron chi connectivity index (χ3n) is 1.91. The lowest BCUT2D eigenvalue weighted by Crippen LogP contribution is -2.30. The fourth-order valence-electron chi connectivity index (χ4n) is 1.13. The lowest BCUT2D eigenvalue weighted by atomic mass is 10.2. The van der Waals surface area contributed by atoms with Crippen molar-refractivity contribution in [2.24, 2.45) is 5.73 Å². The van der Waals surface area contributed by atoms with Crippen molar-refractivity contribution in [3.05, 3.63) is 0 Å². The molecule has 0 amide bonds. The van der Waals surface area contributed by atoms with Gasteiger partial charge in [-0.05, 0) is 38.5 Å². The Morgan fingerprint density at radius 2 is 2.00 bits per heavy atom. The molecule has 0 aliphatic rings. The zero-order valence-corrected chi connectivity index (χ0v) is 11.9. The highest BCUT2D eigenvalue weighted by atomic mass is 32.5. The maximum atomic E-state index is 10.5. The van der Waals surface area contributed by atoms with Crippen LogP contribution in [0.2, 0.25) is 0 Å². The van der Waals surface area contributed by atoms with Crippen molar-refractivity contribution < 1.29 is 18.9 Å². The third-order valence-corrected chi connectivity index (χ3v) is 4.74. The standard InChI is InChI=1S/C9H21N2O4PS/c1-3-14-16(17,15-4-2)11-7-5-6-8(10)9(12)13/h8H,3-7,10H2,1-2H3,(H,11,17)(H,12,13)/t8-/m0/s1. The number of rotatable bonds is 10. The second kappa shape index (κ2) is 8.97. The molecule has 1 atom stereocenters. The van der Waals surface area contributed by atoms with Gasteiger partial charge in [0.15, 0.2) is 0 Å². The molecule has 0 fully saturated rings. The van der Waals surface area contributed by atoms with Gasteiger partial charge in [-0.3, -0.25) is 4.79 Å². The summed E-state index contributed by atoms with van der Waals surface area (Å²) in [5, 5.41) is 11.6. The summed E-state index contributed by atoms with van der Waals surface area (Å²) in [6.45, 7) is 2.80. The molecule has 4 N–H and O–H groups in total. The van der Waals surface area contributed by atoms with Crippen LogP contribution in [0, 0.1) is 0 Å². The molecule has 0 heterocycles. The van der Waals surface area contributed by atoms with E-state index < -0.39 is 18.7 Å². The predicted molar refractivity (Wildman–Crippen MR) is 70.4 cm³/mol. The van der Waals surface area contributed by atoms with Crippen molar-refractivity contribution >= 4 is 24.4 Å². The first-order valence-electron chi connectivity index (χ1n) is 5.57. The van der Waals surface area contributed by atoms with Gasteiger partial charge in [0, 0.05) is 6.54 Å². The van der Waals surface area contributed by atoms with Gasteiger partial charge in [0.1, 0.15) is 6.04 Å². The summed E-state index contributed by atoms with van der Waals surface area (Å²) in [6, 6.07) is -0.825. The average Bonchev–Trinajstić information content (AvgIpc) is 2.24. The summed E-state index contributed by atoms with van der Waals surface area (Å²) in [6.07, 6.45) is 1.02. The molecular weight excluding hydrogens is 263 g/mol. The normalized spacial score (nSPS) is 13.6. The van der Waals surface area contributed by atoms with E-state index >= 15 is 0 Å². The van der Waals surface area contributed by atoms with Gasteiger partial charge in [-0.15, -0.1) is 0 Å². The van der Waals surface area contributed by atoms with Gasteiger partial charge in [-0.2, -0.15) is 0 Å². The SMILES string of the molecule is CCOP(=S)(NCCC[C@H](N)C(=O)O)OCC. The molecule has 0 radical (unpaired) electrons. The number of nitrogens with one attached hydrogen (secondary N) is 1. The van der Waals surface area contributed by atoms with Crippen molar-refractivity contribution in [1.82, 2.24) is 5.09 Å². The first kappa shape index (κ1) is 17.0. The molecule has 6 nitrogen and oxygen atoms in total. The Morgan fingerprint density at radius 1 is 1.47 bits per heavy atom. The maximum Gasteiger partial charge on any atom is 0.320 e. The number of nitrogens with two attached hydrogens (primary N) is 1. The second-order valence-electron chi connectivity index (χ2n) is 3.33. The largest absolute Gasteiger partial charge is 0.480 e. The molecule has 0 aromatic carbocycles. The van der Waals surface area contributed by atoms with E-state index in [1.807, 2.05) is 13.8 Å². The molecule has 102 valence electrons. The number of carboxylic acids is 1. The van der Waals surface area contributed by atoms with Crippen LogP contribution < -0.4 is 10.8 Å². The molecule has 17 heavy (non-hydrogen) atoms. The van der Waals surface area contributed by atoms with Gasteiger partial charge >= 0.3 is 5.97 Å². The fourth-order valence-corrected chi connectivity index (χ4v) is 3.41. The molecule has 0 bridgehead atoms. The summed E-state index contributed by atoms with van der Waals surface area (Å²) < 4.78 is 10.7. The van der Waals surface area contributed by atoms with Crippen LogP contribution in [0.3, 0.4) is 0 Å². The summed E-state index contributed by atoms with van der Waals surface area (Å²) in [7, 11) is 0. The van der Waals surface area contributed by atoms with Crippen LogP contribution in [0.4, 0.5) is 0 Å². The maximum absolute atomic E-state index is 10.5. The van der Waals surface area contributed by atoms with Crippen LogP contribution in [-0.2, 0) is 25.6 Å². The molecule has 0 unspecified atom stereocenters. The lowest BCUT2D eigenvalue weighted by Gasteiger charge is -2.21. The van der Waals surface area contributed by atoms with Gasteiger partial charge in [0.25, 0.3) is 6.64 Å². The van der Waals surface area contributed by atoms with E-state index in [4.69, 9.17) is 31.7 Å². The minimum absolute atomic E-state index is 0.399. The fraction of sp³-hybridized carbons (Fsp3) is 0.889. The van der Waals surface area contributed by atoms with Gasteiger partial charge in [-0.1, -0.05) is 0 Å². The van der Waals surface area contributed by atoms with Crippen molar-refractivity contribution in [2.45, 2.75) is 32.7 Å². The number of hydrogen-bond acceptors (Lipinski definition) is 5. The van der Waals surface area contributed by atoms with Crippen molar-refractivity contribution in [3.8, 4) is 0 Å². The highest BCUT2D eigenvalue weighted by molar-refractivity contribution is 8.08. The quantitative estimate of drug-likeness (QED) is 0.408. The van der Waals surface area contributed by atoms with Crippen LogP contribution in [0.5, 0.6) is 0 Å². The summed E-state index contributed by atoms with van der Waals surface area (Å²) in [5.74, 6) is -0.987. The van der Waals surface area contributed by atoms with E-state index in [0.29, 0.717) is 32.6 Å². The Kier molecular flexibility index (Phi) is 8.94. The monoisotopic (exact) mass is 284 g/mol. The van der Waals surface area contributed by atoms with Crippen LogP contribution in [-0.4, -0.2) is 36.9 Å². The van der Waals surface area contributed by atoms with Crippen molar-refractivity contribution in [1.29, 1.82) is 0 Å². The number of carbonyl (C=O) groups is 1. The second-order valence-corrected chi connectivity index (χ2v) is 6.60.